The summed E-state index contributed by atoms with van der Waals surface area (Å²) in [7, 11) is 0. The molecule has 0 spiro atoms. The number of unbranched alkanes of at least 4 members (excludes halogenated alkanes) is 1. The van der Waals surface area contributed by atoms with Crippen molar-refractivity contribution in [3.63, 3.8) is 0 Å². The summed E-state index contributed by atoms with van der Waals surface area (Å²) in [6.45, 7) is 4.65. The average Bonchev–Trinajstić information content (AvgIpc) is 3.07. The van der Waals surface area contributed by atoms with E-state index in [4.69, 9.17) is 5.11 Å². The third-order valence-electron chi connectivity index (χ3n) is 5.25. The monoisotopic (exact) mass is 397 g/mol. The quantitative estimate of drug-likeness (QED) is 0.492. The Balaban J connectivity index is 1.89. The first-order chi connectivity index (χ1) is 13.9. The summed E-state index contributed by atoms with van der Waals surface area (Å²) < 4.78 is 0. The van der Waals surface area contributed by atoms with Crippen LogP contribution in [0, 0.1) is 17.8 Å². The molecule has 2 N–H and O–H groups in total. The zero-order valence-corrected chi connectivity index (χ0v) is 17.3. The van der Waals surface area contributed by atoms with Crippen LogP contribution in [0.4, 0.5) is 0 Å². The molecule has 2 rings (SSSR count). The van der Waals surface area contributed by atoms with Gasteiger partial charge in [-0.2, -0.15) is 0 Å². The molecule has 1 unspecified atom stereocenters. The number of hydrogen-bond donors (Lipinski definition) is 2. The lowest BCUT2D eigenvalue weighted by atomic mass is 9.99. The van der Waals surface area contributed by atoms with E-state index in [9.17, 15) is 14.7 Å². The lowest BCUT2D eigenvalue weighted by Crippen LogP contribution is -2.34. The molecule has 156 valence electrons. The molecule has 1 amide bonds. The van der Waals surface area contributed by atoms with E-state index in [-0.39, 0.29) is 23.4 Å². The number of amides is 1. The molecule has 1 saturated heterocycles. The number of aromatic carboxylic acids is 1. The SMILES string of the molecule is CCCC#CCC(C)[C@H](O)C=C[C@H]1CCC(=O)N1CCc1ccc(C(=O)O)cc1. The van der Waals surface area contributed by atoms with Gasteiger partial charge >= 0.3 is 5.97 Å². The molecule has 1 aromatic rings. The minimum Gasteiger partial charge on any atom is -0.478 e. The van der Waals surface area contributed by atoms with E-state index in [1.165, 1.54) is 0 Å². The van der Waals surface area contributed by atoms with Crippen molar-refractivity contribution >= 4 is 11.9 Å². The van der Waals surface area contributed by atoms with Crippen LogP contribution >= 0.6 is 0 Å². The predicted molar refractivity (Wildman–Crippen MR) is 113 cm³/mol. The number of aliphatic hydroxyl groups is 1. The van der Waals surface area contributed by atoms with Crippen molar-refractivity contribution in [2.45, 2.75) is 64.5 Å². The van der Waals surface area contributed by atoms with Crippen LogP contribution in [0.15, 0.2) is 36.4 Å². The van der Waals surface area contributed by atoms with Gasteiger partial charge in [0.15, 0.2) is 0 Å². The summed E-state index contributed by atoms with van der Waals surface area (Å²) in [5.74, 6) is 5.44. The molecule has 0 bridgehead atoms. The largest absolute Gasteiger partial charge is 0.478 e. The summed E-state index contributed by atoms with van der Waals surface area (Å²) in [5.41, 5.74) is 1.26. The fraction of sp³-hybridized carbons (Fsp3) is 0.500. The fourth-order valence-corrected chi connectivity index (χ4v) is 3.31. The molecular weight excluding hydrogens is 366 g/mol. The van der Waals surface area contributed by atoms with E-state index in [2.05, 4.69) is 18.8 Å². The van der Waals surface area contributed by atoms with Gasteiger partial charge in [0.25, 0.3) is 0 Å². The summed E-state index contributed by atoms with van der Waals surface area (Å²) in [4.78, 5) is 25.1. The van der Waals surface area contributed by atoms with Gasteiger partial charge < -0.3 is 15.1 Å². The summed E-state index contributed by atoms with van der Waals surface area (Å²) in [6, 6.07) is 6.75. The normalized spacial score (nSPS) is 18.5. The molecule has 1 heterocycles. The molecule has 0 radical (unpaired) electrons. The lowest BCUT2D eigenvalue weighted by molar-refractivity contribution is -0.128. The molecule has 1 aliphatic heterocycles. The second kappa shape index (κ2) is 11.4. The van der Waals surface area contributed by atoms with Gasteiger partial charge in [-0.25, -0.2) is 4.79 Å². The first kappa shape index (κ1) is 22.7. The van der Waals surface area contributed by atoms with Gasteiger partial charge in [-0.15, -0.1) is 11.8 Å². The highest BCUT2D eigenvalue weighted by Gasteiger charge is 2.28. The molecule has 5 heteroatoms. The molecule has 1 aliphatic rings. The molecule has 3 atom stereocenters. The van der Waals surface area contributed by atoms with E-state index in [0.717, 1.165) is 24.8 Å². The van der Waals surface area contributed by atoms with Crippen LogP contribution in [0.5, 0.6) is 0 Å². The maximum atomic E-state index is 12.3. The maximum Gasteiger partial charge on any atom is 0.335 e. The van der Waals surface area contributed by atoms with Crippen LogP contribution in [0.3, 0.4) is 0 Å². The highest BCUT2D eigenvalue weighted by molar-refractivity contribution is 5.87. The van der Waals surface area contributed by atoms with E-state index in [1.54, 1.807) is 30.3 Å². The number of hydrogen-bond acceptors (Lipinski definition) is 3. The number of rotatable bonds is 9. The molecule has 1 fully saturated rings. The highest BCUT2D eigenvalue weighted by atomic mass is 16.4. The zero-order chi connectivity index (χ0) is 21.2. The van der Waals surface area contributed by atoms with E-state index in [0.29, 0.717) is 25.8 Å². The molecule has 1 aromatic carbocycles. The van der Waals surface area contributed by atoms with Crippen molar-refractivity contribution in [3.05, 3.63) is 47.5 Å². The maximum absolute atomic E-state index is 12.3. The summed E-state index contributed by atoms with van der Waals surface area (Å²) >= 11 is 0. The van der Waals surface area contributed by atoms with E-state index >= 15 is 0 Å². The van der Waals surface area contributed by atoms with Gasteiger partial charge in [0.05, 0.1) is 17.7 Å². The van der Waals surface area contributed by atoms with Crippen molar-refractivity contribution in [2.75, 3.05) is 6.54 Å². The Morgan fingerprint density at radius 3 is 2.69 bits per heavy atom. The Morgan fingerprint density at radius 1 is 1.31 bits per heavy atom. The molecule has 0 aliphatic carbocycles. The number of carbonyl (C=O) groups excluding carboxylic acids is 1. The first-order valence-corrected chi connectivity index (χ1v) is 10.4. The van der Waals surface area contributed by atoms with Crippen LogP contribution in [0.1, 0.15) is 61.9 Å². The van der Waals surface area contributed by atoms with Gasteiger partial charge in [0.1, 0.15) is 0 Å². The number of carboxylic acids is 1. The third kappa shape index (κ3) is 7.07. The number of nitrogens with zero attached hydrogens (tertiary/aromatic N) is 1. The second-order valence-corrected chi connectivity index (χ2v) is 7.61. The van der Waals surface area contributed by atoms with Gasteiger partial charge in [-0.3, -0.25) is 4.79 Å². The van der Waals surface area contributed by atoms with Crippen LogP contribution in [-0.4, -0.2) is 45.7 Å². The Labute approximate surface area is 173 Å². The number of benzene rings is 1. The average molecular weight is 398 g/mol. The molecule has 5 nitrogen and oxygen atoms in total. The second-order valence-electron chi connectivity index (χ2n) is 7.61. The van der Waals surface area contributed by atoms with Gasteiger partial charge in [0, 0.05) is 25.8 Å². The standard InChI is InChI=1S/C24H31NO4/c1-3-4-5-6-7-18(2)22(26)14-12-21-13-15-23(27)25(21)17-16-19-8-10-20(11-9-19)24(28)29/h8-12,14,18,21-22,26H,3-4,7,13,15-17H2,1-2H3,(H,28,29)/t18?,21-,22+/m0/s1. The predicted octanol–water partition coefficient (Wildman–Crippen LogP) is 3.67. The van der Waals surface area contributed by atoms with Crippen molar-refractivity contribution in [2.24, 2.45) is 5.92 Å². The fourth-order valence-electron chi connectivity index (χ4n) is 3.31. The highest BCUT2D eigenvalue weighted by Crippen LogP contribution is 2.21. The number of carbonyl (C=O) groups is 2. The molecule has 0 saturated carbocycles. The van der Waals surface area contributed by atoms with Gasteiger partial charge in [-0.05, 0) is 42.9 Å². The smallest absolute Gasteiger partial charge is 0.335 e. The van der Waals surface area contributed by atoms with Gasteiger partial charge in [0.2, 0.25) is 5.91 Å². The summed E-state index contributed by atoms with van der Waals surface area (Å²) in [6.07, 6.45) is 7.69. The molecular formula is C24H31NO4. The Hall–Kier alpha value is -2.58. The van der Waals surface area contributed by atoms with Crippen LogP contribution < -0.4 is 0 Å². The minimum atomic E-state index is -0.944. The van der Waals surface area contributed by atoms with Gasteiger partial charge in [-0.1, -0.05) is 38.1 Å². The number of likely N-dealkylation sites (tertiary alicyclic amines) is 1. The summed E-state index contributed by atoms with van der Waals surface area (Å²) in [5, 5.41) is 19.3. The minimum absolute atomic E-state index is 0.00572. The van der Waals surface area contributed by atoms with Crippen LogP contribution in [-0.2, 0) is 11.2 Å². The van der Waals surface area contributed by atoms with E-state index in [1.807, 2.05) is 17.9 Å². The Bertz CT molecular complexity index is 772. The molecule has 0 aromatic heterocycles. The van der Waals surface area contributed by atoms with Crippen molar-refractivity contribution < 1.29 is 19.8 Å². The lowest BCUT2D eigenvalue weighted by Gasteiger charge is -2.23. The molecule has 29 heavy (non-hydrogen) atoms. The Morgan fingerprint density at radius 2 is 2.03 bits per heavy atom. The van der Waals surface area contributed by atoms with Crippen LogP contribution in [0.2, 0.25) is 0 Å². The Kier molecular flexibility index (Phi) is 8.95. The number of aliphatic hydroxyl groups excluding tert-OH is 1. The number of carboxylic acid groups (broad SMARTS) is 1. The van der Waals surface area contributed by atoms with Crippen molar-refractivity contribution in [1.29, 1.82) is 0 Å². The van der Waals surface area contributed by atoms with E-state index < -0.39 is 12.1 Å². The third-order valence-corrected chi connectivity index (χ3v) is 5.25. The zero-order valence-electron chi connectivity index (χ0n) is 17.3. The van der Waals surface area contributed by atoms with Crippen molar-refractivity contribution in [1.82, 2.24) is 4.90 Å². The van der Waals surface area contributed by atoms with Crippen LogP contribution in [0.25, 0.3) is 0 Å². The topological polar surface area (TPSA) is 77.8 Å². The first-order valence-electron chi connectivity index (χ1n) is 10.4. The van der Waals surface area contributed by atoms with Crippen molar-refractivity contribution in [3.8, 4) is 11.8 Å².